The minimum Gasteiger partial charge on any atom is -0.352 e. The first kappa shape index (κ1) is 16.6. The molecule has 0 saturated heterocycles. The molecule has 2 aromatic rings. The maximum atomic E-state index is 12.3. The smallest absolute Gasteiger partial charge is 0.220 e. The summed E-state index contributed by atoms with van der Waals surface area (Å²) >= 11 is 0. The van der Waals surface area contributed by atoms with Crippen LogP contribution >= 0.6 is 0 Å². The number of nitrogens with two attached hydrogens (primary N) is 1. The number of tetrazole rings is 1. The summed E-state index contributed by atoms with van der Waals surface area (Å²) in [5.74, 6) is 0.650. The molecule has 0 bridgehead atoms. The Bertz CT molecular complexity index is 646. The van der Waals surface area contributed by atoms with Gasteiger partial charge in [-0.25, -0.2) is 0 Å². The minimum atomic E-state index is 0.00477. The van der Waals surface area contributed by atoms with Crippen LogP contribution in [0.1, 0.15) is 44.1 Å². The van der Waals surface area contributed by atoms with Crippen molar-refractivity contribution >= 4 is 5.91 Å². The summed E-state index contributed by atoms with van der Waals surface area (Å²) < 4.78 is 0. The number of carbonyl (C=O) groups excluding carboxylic acids is 1. The molecule has 1 saturated carbocycles. The number of hydrogen-bond acceptors (Lipinski definition) is 5. The van der Waals surface area contributed by atoms with Gasteiger partial charge >= 0.3 is 0 Å². The number of benzene rings is 1. The normalized spacial score (nSPS) is 16.7. The van der Waals surface area contributed by atoms with Crippen LogP contribution in [0.2, 0.25) is 0 Å². The first-order valence-corrected chi connectivity index (χ1v) is 8.50. The summed E-state index contributed by atoms with van der Waals surface area (Å²) in [5, 5.41) is 16.9. The molecule has 0 spiro atoms. The van der Waals surface area contributed by atoms with E-state index in [9.17, 15) is 4.79 Å². The van der Waals surface area contributed by atoms with E-state index in [4.69, 9.17) is 5.73 Å². The highest BCUT2D eigenvalue weighted by Crippen LogP contribution is 2.38. The molecule has 1 aromatic carbocycles. The van der Waals surface area contributed by atoms with Crippen molar-refractivity contribution in [1.82, 2.24) is 25.9 Å². The van der Waals surface area contributed by atoms with Crippen LogP contribution in [0.15, 0.2) is 24.3 Å². The van der Waals surface area contributed by atoms with Gasteiger partial charge in [-0.15, -0.1) is 10.2 Å². The van der Waals surface area contributed by atoms with Crippen LogP contribution in [-0.4, -0.2) is 33.1 Å². The number of aromatic amines is 1. The van der Waals surface area contributed by atoms with E-state index in [1.165, 1.54) is 19.3 Å². The standard InChI is InChI=1S/C17H24N6O/c18-12-17(8-2-1-3-9-17)10-15(24)19-11-13-4-6-14(7-5-13)16-20-22-23-21-16/h4-7H,1-3,8-12,18H2,(H,19,24)(H,20,21,22,23). The SMILES string of the molecule is NCC1(CC(=O)NCc2ccc(-c3nn[nH]n3)cc2)CCCCC1. The molecule has 1 fully saturated rings. The highest BCUT2D eigenvalue weighted by atomic mass is 16.1. The number of aromatic nitrogens is 4. The van der Waals surface area contributed by atoms with Gasteiger partial charge in [-0.1, -0.05) is 43.5 Å². The van der Waals surface area contributed by atoms with Gasteiger partial charge in [0.15, 0.2) is 0 Å². The summed E-state index contributed by atoms with van der Waals surface area (Å²) in [7, 11) is 0. The second-order valence-electron chi connectivity index (χ2n) is 6.65. The van der Waals surface area contributed by atoms with Crippen LogP contribution < -0.4 is 11.1 Å². The van der Waals surface area contributed by atoms with E-state index in [0.717, 1.165) is 24.0 Å². The Morgan fingerprint density at radius 3 is 2.58 bits per heavy atom. The molecule has 1 heterocycles. The zero-order valence-electron chi connectivity index (χ0n) is 13.8. The molecule has 1 aliphatic carbocycles. The Kier molecular flexibility index (Phi) is 5.20. The molecule has 3 rings (SSSR count). The van der Waals surface area contributed by atoms with Gasteiger partial charge in [0.05, 0.1) is 0 Å². The van der Waals surface area contributed by atoms with Gasteiger partial charge in [0, 0.05) is 18.5 Å². The van der Waals surface area contributed by atoms with Gasteiger partial charge in [-0.3, -0.25) is 4.79 Å². The molecule has 24 heavy (non-hydrogen) atoms. The van der Waals surface area contributed by atoms with Gasteiger partial charge < -0.3 is 11.1 Å². The van der Waals surface area contributed by atoms with Crippen LogP contribution in [-0.2, 0) is 11.3 Å². The summed E-state index contributed by atoms with van der Waals surface area (Å²) in [6, 6.07) is 7.78. The number of nitrogens with zero attached hydrogens (tertiary/aromatic N) is 3. The summed E-state index contributed by atoms with van der Waals surface area (Å²) in [5.41, 5.74) is 7.90. The van der Waals surface area contributed by atoms with Crippen molar-refractivity contribution < 1.29 is 4.79 Å². The summed E-state index contributed by atoms with van der Waals surface area (Å²) in [4.78, 5) is 12.3. The first-order chi connectivity index (χ1) is 11.7. The van der Waals surface area contributed by atoms with Gasteiger partial charge in [-0.2, -0.15) is 5.21 Å². The van der Waals surface area contributed by atoms with E-state index < -0.39 is 0 Å². The molecule has 0 aliphatic heterocycles. The Balaban J connectivity index is 1.52. The van der Waals surface area contributed by atoms with E-state index in [-0.39, 0.29) is 11.3 Å². The third-order valence-electron chi connectivity index (χ3n) is 4.93. The molecule has 7 heteroatoms. The minimum absolute atomic E-state index is 0.00477. The second-order valence-corrected chi connectivity index (χ2v) is 6.65. The number of hydrogen-bond donors (Lipinski definition) is 3. The predicted octanol–water partition coefficient (Wildman–Crippen LogP) is 1.78. The quantitative estimate of drug-likeness (QED) is 0.749. The van der Waals surface area contributed by atoms with Gasteiger partial charge in [0.1, 0.15) is 0 Å². The molecular formula is C17H24N6O. The van der Waals surface area contributed by atoms with Crippen molar-refractivity contribution in [3.05, 3.63) is 29.8 Å². The fourth-order valence-corrected chi connectivity index (χ4v) is 3.41. The van der Waals surface area contributed by atoms with Crippen molar-refractivity contribution in [1.29, 1.82) is 0 Å². The van der Waals surface area contributed by atoms with Gasteiger partial charge in [-0.05, 0) is 35.6 Å². The molecule has 0 radical (unpaired) electrons. The Morgan fingerprint density at radius 2 is 1.96 bits per heavy atom. The lowest BCUT2D eigenvalue weighted by molar-refractivity contribution is -0.124. The summed E-state index contributed by atoms with van der Waals surface area (Å²) in [6.07, 6.45) is 6.29. The number of H-pyrrole nitrogens is 1. The van der Waals surface area contributed by atoms with E-state index in [0.29, 0.717) is 25.3 Å². The fraction of sp³-hybridized carbons (Fsp3) is 0.529. The number of amides is 1. The lowest BCUT2D eigenvalue weighted by Crippen LogP contribution is -2.38. The van der Waals surface area contributed by atoms with Gasteiger partial charge in [0.25, 0.3) is 0 Å². The molecule has 1 amide bonds. The molecule has 0 unspecified atom stereocenters. The third-order valence-corrected chi connectivity index (χ3v) is 4.93. The molecular weight excluding hydrogens is 304 g/mol. The monoisotopic (exact) mass is 328 g/mol. The highest BCUT2D eigenvalue weighted by molar-refractivity contribution is 5.76. The number of rotatable bonds is 6. The topological polar surface area (TPSA) is 110 Å². The molecule has 0 atom stereocenters. The van der Waals surface area contributed by atoms with E-state index in [1.807, 2.05) is 24.3 Å². The van der Waals surface area contributed by atoms with Crippen molar-refractivity contribution in [3.63, 3.8) is 0 Å². The van der Waals surface area contributed by atoms with Crippen LogP contribution in [0, 0.1) is 5.41 Å². The maximum absolute atomic E-state index is 12.3. The van der Waals surface area contributed by atoms with Crippen LogP contribution in [0.3, 0.4) is 0 Å². The number of carbonyl (C=O) groups is 1. The van der Waals surface area contributed by atoms with Crippen LogP contribution in [0.4, 0.5) is 0 Å². The van der Waals surface area contributed by atoms with E-state index in [1.54, 1.807) is 0 Å². The van der Waals surface area contributed by atoms with Crippen molar-refractivity contribution in [2.45, 2.75) is 45.1 Å². The average Bonchev–Trinajstić information content (AvgIpc) is 3.16. The first-order valence-electron chi connectivity index (χ1n) is 8.50. The zero-order chi connectivity index (χ0) is 16.8. The molecule has 7 nitrogen and oxygen atoms in total. The molecule has 4 N–H and O–H groups in total. The van der Waals surface area contributed by atoms with E-state index >= 15 is 0 Å². The van der Waals surface area contributed by atoms with Crippen molar-refractivity contribution in [2.75, 3.05) is 6.54 Å². The Labute approximate surface area is 141 Å². The van der Waals surface area contributed by atoms with E-state index in [2.05, 4.69) is 25.9 Å². The third kappa shape index (κ3) is 3.97. The average molecular weight is 328 g/mol. The lowest BCUT2D eigenvalue weighted by Gasteiger charge is -2.35. The lowest BCUT2D eigenvalue weighted by atomic mass is 9.71. The number of nitrogens with one attached hydrogen (secondary N) is 2. The largest absolute Gasteiger partial charge is 0.352 e. The van der Waals surface area contributed by atoms with Crippen molar-refractivity contribution in [3.8, 4) is 11.4 Å². The predicted molar refractivity (Wildman–Crippen MR) is 90.6 cm³/mol. The molecule has 1 aliphatic rings. The van der Waals surface area contributed by atoms with Gasteiger partial charge in [0.2, 0.25) is 11.7 Å². The molecule has 1 aromatic heterocycles. The maximum Gasteiger partial charge on any atom is 0.220 e. The van der Waals surface area contributed by atoms with Crippen LogP contribution in [0.5, 0.6) is 0 Å². The Hall–Kier alpha value is -2.28. The fourth-order valence-electron chi connectivity index (χ4n) is 3.41. The molecule has 128 valence electrons. The highest BCUT2D eigenvalue weighted by Gasteiger charge is 2.32. The zero-order valence-corrected chi connectivity index (χ0v) is 13.8. The summed E-state index contributed by atoms with van der Waals surface area (Å²) in [6.45, 7) is 1.12. The van der Waals surface area contributed by atoms with Crippen LogP contribution in [0.25, 0.3) is 11.4 Å². The van der Waals surface area contributed by atoms with Crippen molar-refractivity contribution in [2.24, 2.45) is 11.1 Å². The Morgan fingerprint density at radius 1 is 1.21 bits per heavy atom. The second kappa shape index (κ2) is 7.53.